The molecule has 0 heterocycles. The van der Waals surface area contributed by atoms with E-state index in [2.05, 4.69) is 0 Å². The van der Waals surface area contributed by atoms with E-state index in [-0.39, 0.29) is 9.46 Å². The maximum atomic E-state index is 13.7. The molecule has 0 radical (unpaired) electrons. The van der Waals surface area contributed by atoms with E-state index in [0.717, 1.165) is 36.4 Å². The van der Waals surface area contributed by atoms with E-state index in [4.69, 9.17) is 4.74 Å². The van der Waals surface area contributed by atoms with Crippen LogP contribution in [0.25, 0.3) is 0 Å². The highest BCUT2D eigenvalue weighted by molar-refractivity contribution is 8.10. The number of hydrogen-bond donors (Lipinski definition) is 0. The maximum absolute atomic E-state index is 13.7. The normalized spacial score (nSPS) is 11.6. The number of nitro benzene ring substituents is 2. The first-order chi connectivity index (χ1) is 15.9. The lowest BCUT2D eigenvalue weighted by Crippen LogP contribution is -2.37. The van der Waals surface area contributed by atoms with Gasteiger partial charge in [0.2, 0.25) is 0 Å². The number of sulfonamides is 2. The first kappa shape index (κ1) is 24.6. The highest BCUT2D eigenvalue weighted by atomic mass is 32.3. The monoisotopic (exact) mass is 507 g/mol. The second kappa shape index (κ2) is 9.07. The molecule has 0 N–H and O–H groups in total. The number of aryl methyl sites for hydroxylation is 1. The van der Waals surface area contributed by atoms with Crippen LogP contribution in [-0.4, -0.2) is 33.8 Å². The summed E-state index contributed by atoms with van der Waals surface area (Å²) in [5.41, 5.74) is -1.08. The molecule has 0 unspecified atom stereocenters. The quantitative estimate of drug-likeness (QED) is 0.328. The van der Waals surface area contributed by atoms with Crippen molar-refractivity contribution >= 4 is 37.1 Å². The van der Waals surface area contributed by atoms with E-state index in [1.807, 2.05) is 0 Å². The fourth-order valence-electron chi connectivity index (χ4n) is 3.04. The lowest BCUT2D eigenvalue weighted by Gasteiger charge is -2.25. The van der Waals surface area contributed by atoms with E-state index >= 15 is 0 Å². The minimum atomic E-state index is -5.01. The van der Waals surface area contributed by atoms with Crippen LogP contribution in [-0.2, 0) is 20.0 Å². The Balaban J connectivity index is 2.38. The molecule has 0 bridgehead atoms. The Bertz CT molecular complexity index is 1420. The number of non-ortho nitro benzene ring substituents is 2. The molecule has 3 aromatic rings. The number of nitro groups is 2. The maximum Gasteiger partial charge on any atom is 0.278 e. The molecule has 0 fully saturated rings. The minimum Gasteiger partial charge on any atom is -0.495 e. The van der Waals surface area contributed by atoms with Crippen molar-refractivity contribution in [2.75, 3.05) is 10.8 Å². The first-order valence-corrected chi connectivity index (χ1v) is 12.2. The summed E-state index contributed by atoms with van der Waals surface area (Å²) < 4.78 is 59.9. The minimum absolute atomic E-state index is 0.0595. The van der Waals surface area contributed by atoms with Gasteiger partial charge in [-0.3, -0.25) is 20.2 Å². The zero-order valence-electron chi connectivity index (χ0n) is 17.7. The fraction of sp³-hybridized carbons (Fsp3) is 0.100. The van der Waals surface area contributed by atoms with Gasteiger partial charge in [-0.1, -0.05) is 18.2 Å². The number of nitrogens with zero attached hydrogens (tertiary/aromatic N) is 3. The van der Waals surface area contributed by atoms with Crippen molar-refractivity contribution in [3.8, 4) is 5.75 Å². The molecule has 0 aliphatic carbocycles. The molecule has 178 valence electrons. The van der Waals surface area contributed by atoms with Gasteiger partial charge in [-0.05, 0) is 36.8 Å². The standard InChI is InChI=1S/C20H17N3O9S2/c1-14-9-10-20(32-2)19(11-14)23(33(28,29)17-7-3-5-15(12-17)21(24)25)34(30,31)18-8-4-6-16(13-18)22(26)27/h3-13H,1-2H3. The van der Waals surface area contributed by atoms with Crippen LogP contribution < -0.4 is 8.45 Å². The molecule has 0 aromatic heterocycles. The summed E-state index contributed by atoms with van der Waals surface area (Å²) in [6.07, 6.45) is 0. The second-order valence-corrected chi connectivity index (χ2v) is 10.7. The second-order valence-electron chi connectivity index (χ2n) is 6.89. The van der Waals surface area contributed by atoms with Crippen LogP contribution in [0.3, 0.4) is 0 Å². The van der Waals surface area contributed by atoms with E-state index < -0.39 is 56.7 Å². The lowest BCUT2D eigenvalue weighted by molar-refractivity contribution is -0.385. The van der Waals surface area contributed by atoms with Gasteiger partial charge in [0.1, 0.15) is 11.4 Å². The molecule has 3 rings (SSSR count). The largest absolute Gasteiger partial charge is 0.495 e. The van der Waals surface area contributed by atoms with Gasteiger partial charge in [-0.15, -0.1) is 0 Å². The first-order valence-electron chi connectivity index (χ1n) is 9.33. The molecule has 0 saturated heterocycles. The van der Waals surface area contributed by atoms with E-state index in [1.54, 1.807) is 13.0 Å². The smallest absolute Gasteiger partial charge is 0.278 e. The van der Waals surface area contributed by atoms with Crippen LogP contribution in [0.5, 0.6) is 5.75 Å². The molecule has 0 spiro atoms. The Morgan fingerprint density at radius 3 is 1.65 bits per heavy atom. The zero-order chi connectivity index (χ0) is 25.3. The fourth-order valence-corrected chi connectivity index (χ4v) is 6.81. The van der Waals surface area contributed by atoms with Gasteiger partial charge in [0, 0.05) is 24.3 Å². The van der Waals surface area contributed by atoms with Crippen LogP contribution in [0.2, 0.25) is 0 Å². The SMILES string of the molecule is COc1ccc(C)cc1N(S(=O)(=O)c1cccc([N+](=O)[O-])c1)S(=O)(=O)c1cccc([N+](=O)[O-])c1. The zero-order valence-corrected chi connectivity index (χ0v) is 19.3. The van der Waals surface area contributed by atoms with Crippen molar-refractivity contribution in [3.05, 3.63) is 92.5 Å². The Kier molecular flexibility index (Phi) is 6.56. The summed E-state index contributed by atoms with van der Waals surface area (Å²) in [7, 11) is -8.81. The Hall–Kier alpha value is -4.04. The van der Waals surface area contributed by atoms with Crippen molar-refractivity contribution in [2.45, 2.75) is 16.7 Å². The molecule has 12 nitrogen and oxygen atoms in total. The summed E-state index contributed by atoms with van der Waals surface area (Å²) in [5, 5.41) is 22.4. The molecule has 14 heteroatoms. The van der Waals surface area contributed by atoms with Gasteiger partial charge in [0.05, 0.1) is 26.7 Å². The van der Waals surface area contributed by atoms with Gasteiger partial charge in [0.15, 0.2) is 0 Å². The summed E-state index contributed by atoms with van der Waals surface area (Å²) >= 11 is 0. The van der Waals surface area contributed by atoms with E-state index in [9.17, 15) is 37.1 Å². The van der Waals surface area contributed by atoms with Crippen LogP contribution in [0.1, 0.15) is 5.56 Å². The molecule has 3 aromatic carbocycles. The van der Waals surface area contributed by atoms with Gasteiger partial charge in [-0.2, -0.15) is 3.71 Å². The molecule has 34 heavy (non-hydrogen) atoms. The summed E-state index contributed by atoms with van der Waals surface area (Å²) in [6.45, 7) is 1.58. The summed E-state index contributed by atoms with van der Waals surface area (Å²) in [5.74, 6) is -0.131. The van der Waals surface area contributed by atoms with Crippen molar-refractivity contribution in [1.29, 1.82) is 0 Å². The third kappa shape index (κ3) is 4.53. The third-order valence-electron chi connectivity index (χ3n) is 4.62. The van der Waals surface area contributed by atoms with Gasteiger partial charge in [-0.25, -0.2) is 16.8 Å². The number of rotatable bonds is 8. The lowest BCUT2D eigenvalue weighted by atomic mass is 10.2. The molecular formula is C20H17N3O9S2. The van der Waals surface area contributed by atoms with Crippen molar-refractivity contribution in [3.63, 3.8) is 0 Å². The third-order valence-corrected chi connectivity index (χ3v) is 8.76. The Morgan fingerprint density at radius 2 is 1.24 bits per heavy atom. The van der Waals surface area contributed by atoms with Gasteiger partial charge >= 0.3 is 0 Å². The predicted octanol–water partition coefficient (Wildman–Crippen LogP) is 3.40. The molecule has 0 atom stereocenters. The van der Waals surface area contributed by atoms with Crippen LogP contribution >= 0.6 is 0 Å². The number of methoxy groups -OCH3 is 1. The van der Waals surface area contributed by atoms with Crippen LogP contribution in [0.4, 0.5) is 17.1 Å². The van der Waals surface area contributed by atoms with E-state index in [0.29, 0.717) is 17.7 Å². The average Bonchev–Trinajstić information content (AvgIpc) is 2.79. The highest BCUT2D eigenvalue weighted by Gasteiger charge is 2.40. The molecule has 0 amide bonds. The number of benzene rings is 3. The van der Waals surface area contributed by atoms with Crippen molar-refractivity contribution < 1.29 is 31.4 Å². The van der Waals surface area contributed by atoms with E-state index in [1.165, 1.54) is 19.2 Å². The summed E-state index contributed by atoms with van der Waals surface area (Å²) in [6, 6.07) is 11.9. The number of anilines is 1. The summed E-state index contributed by atoms with van der Waals surface area (Å²) in [4.78, 5) is 19.3. The van der Waals surface area contributed by atoms with Crippen molar-refractivity contribution in [2.24, 2.45) is 0 Å². The molecular weight excluding hydrogens is 490 g/mol. The highest BCUT2D eigenvalue weighted by Crippen LogP contribution is 2.38. The Labute approximate surface area is 194 Å². The predicted molar refractivity (Wildman–Crippen MR) is 121 cm³/mol. The van der Waals surface area contributed by atoms with Crippen LogP contribution in [0, 0.1) is 27.2 Å². The van der Waals surface area contributed by atoms with Gasteiger partial charge < -0.3 is 4.74 Å². The molecule has 0 aliphatic rings. The number of hydrogen-bond acceptors (Lipinski definition) is 9. The molecule has 0 aliphatic heterocycles. The topological polar surface area (TPSA) is 167 Å². The average molecular weight is 508 g/mol. The Morgan fingerprint density at radius 1 is 0.765 bits per heavy atom. The van der Waals surface area contributed by atoms with Crippen molar-refractivity contribution in [1.82, 2.24) is 0 Å². The van der Waals surface area contributed by atoms with Gasteiger partial charge in [0.25, 0.3) is 31.4 Å². The van der Waals surface area contributed by atoms with Crippen LogP contribution in [0.15, 0.2) is 76.5 Å². The number of ether oxygens (including phenoxy) is 1. The molecule has 0 saturated carbocycles.